The molecule has 1 aliphatic heterocycles. The highest BCUT2D eigenvalue weighted by Gasteiger charge is 2.23. The number of amides is 1. The van der Waals surface area contributed by atoms with Gasteiger partial charge in [-0.25, -0.2) is 0 Å². The van der Waals surface area contributed by atoms with Crippen LogP contribution >= 0.6 is 0 Å². The van der Waals surface area contributed by atoms with E-state index >= 15 is 0 Å². The number of carbonyl (C=O) groups excluding carboxylic acids is 1. The maximum atomic E-state index is 12.5. The maximum absolute atomic E-state index is 12.5. The van der Waals surface area contributed by atoms with Gasteiger partial charge in [0.15, 0.2) is 0 Å². The van der Waals surface area contributed by atoms with Crippen LogP contribution in [0.3, 0.4) is 0 Å². The van der Waals surface area contributed by atoms with Gasteiger partial charge in [-0.3, -0.25) is 9.89 Å². The number of aromatic amines is 1. The van der Waals surface area contributed by atoms with Crippen molar-refractivity contribution in [3.05, 3.63) is 59.9 Å². The van der Waals surface area contributed by atoms with Gasteiger partial charge in [0.25, 0.3) is 5.91 Å². The van der Waals surface area contributed by atoms with Crippen molar-refractivity contribution in [3.63, 3.8) is 0 Å². The lowest BCUT2D eigenvalue weighted by Crippen LogP contribution is -2.31. The molecule has 0 bridgehead atoms. The average molecular weight is 363 g/mol. The van der Waals surface area contributed by atoms with Gasteiger partial charge in [0.2, 0.25) is 0 Å². The van der Waals surface area contributed by atoms with Crippen molar-refractivity contribution in [3.8, 4) is 11.4 Å². The van der Waals surface area contributed by atoms with Crippen LogP contribution in [0.2, 0.25) is 0 Å². The first kappa shape index (κ1) is 17.4. The zero-order chi connectivity index (χ0) is 18.8. The van der Waals surface area contributed by atoms with Crippen molar-refractivity contribution in [2.75, 3.05) is 24.5 Å². The summed E-state index contributed by atoms with van der Waals surface area (Å²) in [6.07, 6.45) is 3.05. The molecule has 0 spiro atoms. The fourth-order valence-corrected chi connectivity index (χ4v) is 3.62. The molecule has 3 heterocycles. The van der Waals surface area contributed by atoms with Crippen LogP contribution in [0.15, 0.2) is 48.7 Å². The first-order valence-corrected chi connectivity index (χ1v) is 9.37. The average Bonchev–Trinajstić information content (AvgIpc) is 3.40. The monoisotopic (exact) mass is 363 g/mol. The van der Waals surface area contributed by atoms with Crippen molar-refractivity contribution in [2.45, 2.75) is 13.3 Å². The lowest BCUT2D eigenvalue weighted by Gasteiger charge is -2.19. The topological polar surface area (TPSA) is 66.0 Å². The first-order chi connectivity index (χ1) is 13.1. The maximum Gasteiger partial charge on any atom is 0.269 e. The van der Waals surface area contributed by atoms with E-state index in [0.717, 1.165) is 30.9 Å². The Hall–Kier alpha value is -3.02. The molecular formula is C21H25N5O. The lowest BCUT2D eigenvalue weighted by molar-refractivity contribution is 0.0943. The molecule has 1 saturated heterocycles. The first-order valence-electron chi connectivity index (χ1n) is 9.37. The van der Waals surface area contributed by atoms with E-state index < -0.39 is 0 Å². The number of benzene rings is 1. The van der Waals surface area contributed by atoms with E-state index in [-0.39, 0.29) is 5.91 Å². The fourth-order valence-electron chi connectivity index (χ4n) is 3.62. The third kappa shape index (κ3) is 3.74. The molecule has 1 unspecified atom stereocenters. The second-order valence-corrected chi connectivity index (χ2v) is 7.32. The molecule has 1 aliphatic rings. The predicted octanol–water partition coefficient (Wildman–Crippen LogP) is 2.98. The summed E-state index contributed by atoms with van der Waals surface area (Å²) in [6.45, 7) is 4.79. The van der Waals surface area contributed by atoms with Gasteiger partial charge in [-0.2, -0.15) is 5.10 Å². The second-order valence-electron chi connectivity index (χ2n) is 7.32. The molecular weight excluding hydrogens is 338 g/mol. The van der Waals surface area contributed by atoms with E-state index in [2.05, 4.69) is 51.6 Å². The van der Waals surface area contributed by atoms with E-state index in [4.69, 9.17) is 0 Å². The Morgan fingerprint density at radius 2 is 2.11 bits per heavy atom. The van der Waals surface area contributed by atoms with Crippen LogP contribution in [0.5, 0.6) is 0 Å². The van der Waals surface area contributed by atoms with Crippen LogP contribution in [0.4, 0.5) is 5.69 Å². The van der Waals surface area contributed by atoms with Crippen molar-refractivity contribution in [1.82, 2.24) is 20.1 Å². The van der Waals surface area contributed by atoms with Crippen molar-refractivity contribution in [1.29, 1.82) is 0 Å². The zero-order valence-corrected chi connectivity index (χ0v) is 15.8. The second kappa shape index (κ2) is 7.31. The van der Waals surface area contributed by atoms with Gasteiger partial charge in [0.05, 0.1) is 5.69 Å². The molecule has 0 saturated carbocycles. The molecule has 1 fully saturated rings. The molecule has 2 aromatic heterocycles. The predicted molar refractivity (Wildman–Crippen MR) is 107 cm³/mol. The number of nitrogens with one attached hydrogen (secondary N) is 2. The van der Waals surface area contributed by atoms with E-state index in [1.807, 2.05) is 29.9 Å². The summed E-state index contributed by atoms with van der Waals surface area (Å²) >= 11 is 0. The van der Waals surface area contributed by atoms with E-state index in [1.54, 1.807) is 6.07 Å². The fraction of sp³-hybridized carbons (Fsp3) is 0.333. The summed E-state index contributed by atoms with van der Waals surface area (Å²) < 4.78 is 1.98. The number of carbonyl (C=O) groups is 1. The van der Waals surface area contributed by atoms with Crippen molar-refractivity contribution in [2.24, 2.45) is 13.0 Å². The number of H-pyrrole nitrogens is 1. The van der Waals surface area contributed by atoms with Crippen LogP contribution < -0.4 is 10.2 Å². The molecule has 1 aromatic carbocycles. The lowest BCUT2D eigenvalue weighted by atomic mass is 10.1. The largest absolute Gasteiger partial charge is 0.371 e. The number of rotatable bonds is 5. The van der Waals surface area contributed by atoms with Crippen LogP contribution in [-0.4, -0.2) is 40.3 Å². The van der Waals surface area contributed by atoms with E-state index in [9.17, 15) is 4.79 Å². The number of hydrogen-bond acceptors (Lipinski definition) is 3. The quantitative estimate of drug-likeness (QED) is 0.732. The molecule has 3 aromatic rings. The standard InChI is InChI=1S/C21H25N5O/c1-15-5-7-17(8-6-15)26-11-9-16(14-26)13-22-21(27)19-12-18(23-24-19)20-4-3-10-25(20)2/h3-8,10,12,16H,9,11,13-14H2,1-2H3,(H,22,27)(H,23,24). The number of anilines is 1. The molecule has 6 nitrogen and oxygen atoms in total. The van der Waals surface area contributed by atoms with Crippen LogP contribution in [0.1, 0.15) is 22.5 Å². The minimum Gasteiger partial charge on any atom is -0.371 e. The normalized spacial score (nSPS) is 16.7. The van der Waals surface area contributed by atoms with Crippen LogP contribution in [0, 0.1) is 12.8 Å². The molecule has 1 amide bonds. The summed E-state index contributed by atoms with van der Waals surface area (Å²) in [6, 6.07) is 14.4. The Morgan fingerprint density at radius 3 is 2.85 bits per heavy atom. The Morgan fingerprint density at radius 1 is 1.30 bits per heavy atom. The molecule has 2 N–H and O–H groups in total. The Bertz CT molecular complexity index is 924. The third-order valence-corrected chi connectivity index (χ3v) is 5.26. The Labute approximate surface area is 159 Å². The van der Waals surface area contributed by atoms with Crippen molar-refractivity contribution < 1.29 is 4.79 Å². The minimum atomic E-state index is -0.100. The number of aryl methyl sites for hydroxylation is 2. The molecule has 0 radical (unpaired) electrons. The molecule has 6 heteroatoms. The third-order valence-electron chi connectivity index (χ3n) is 5.26. The Kier molecular flexibility index (Phi) is 4.71. The van der Waals surface area contributed by atoms with Crippen LogP contribution in [-0.2, 0) is 7.05 Å². The summed E-state index contributed by atoms with van der Waals surface area (Å²) in [5.74, 6) is 0.363. The number of nitrogens with zero attached hydrogens (tertiary/aromatic N) is 3. The van der Waals surface area contributed by atoms with Gasteiger partial charge in [-0.1, -0.05) is 17.7 Å². The molecule has 27 heavy (non-hydrogen) atoms. The summed E-state index contributed by atoms with van der Waals surface area (Å²) in [5.41, 5.74) is 4.79. The van der Waals surface area contributed by atoms with E-state index in [0.29, 0.717) is 18.2 Å². The van der Waals surface area contributed by atoms with Gasteiger partial charge < -0.3 is 14.8 Å². The highest BCUT2D eigenvalue weighted by molar-refractivity contribution is 5.93. The Balaban J connectivity index is 1.32. The van der Waals surface area contributed by atoms with Gasteiger partial charge in [0.1, 0.15) is 11.4 Å². The van der Waals surface area contributed by atoms with Gasteiger partial charge in [-0.15, -0.1) is 0 Å². The van der Waals surface area contributed by atoms with Gasteiger partial charge in [0, 0.05) is 38.6 Å². The SMILES string of the molecule is Cc1ccc(N2CCC(CNC(=O)c3cc(-c4cccn4C)n[nH]3)C2)cc1. The zero-order valence-electron chi connectivity index (χ0n) is 15.8. The highest BCUT2D eigenvalue weighted by Crippen LogP contribution is 2.24. The smallest absolute Gasteiger partial charge is 0.269 e. The molecule has 4 rings (SSSR count). The highest BCUT2D eigenvalue weighted by atomic mass is 16.1. The summed E-state index contributed by atoms with van der Waals surface area (Å²) in [7, 11) is 1.96. The molecule has 1 atom stereocenters. The van der Waals surface area contributed by atoms with E-state index in [1.165, 1.54) is 11.3 Å². The summed E-state index contributed by atoms with van der Waals surface area (Å²) in [5, 5.41) is 10.2. The van der Waals surface area contributed by atoms with Crippen molar-refractivity contribution >= 4 is 11.6 Å². The van der Waals surface area contributed by atoms with Gasteiger partial charge >= 0.3 is 0 Å². The molecule has 0 aliphatic carbocycles. The number of hydrogen-bond donors (Lipinski definition) is 2. The number of aromatic nitrogens is 3. The van der Waals surface area contributed by atoms with Gasteiger partial charge in [-0.05, 0) is 49.6 Å². The van der Waals surface area contributed by atoms with Crippen LogP contribution in [0.25, 0.3) is 11.4 Å². The minimum absolute atomic E-state index is 0.100. The summed E-state index contributed by atoms with van der Waals surface area (Å²) in [4.78, 5) is 14.8. The molecule has 140 valence electrons.